The van der Waals surface area contributed by atoms with E-state index in [0.29, 0.717) is 0 Å². The molecule has 0 saturated carbocycles. The number of benzene rings is 1. The van der Waals surface area contributed by atoms with Gasteiger partial charge in [-0.05, 0) is 38.1 Å². The molecular formula is C16H21FN4O2. The molecule has 124 valence electrons. The van der Waals surface area contributed by atoms with Crippen LogP contribution in [0.5, 0.6) is 0 Å². The van der Waals surface area contributed by atoms with Gasteiger partial charge in [-0.25, -0.2) is 9.07 Å². The summed E-state index contributed by atoms with van der Waals surface area (Å²) in [5, 5.41) is 7.15. The number of rotatable bonds is 6. The minimum absolute atomic E-state index is 0.159. The lowest BCUT2D eigenvalue weighted by Gasteiger charge is -2.17. The third kappa shape index (κ3) is 3.94. The molecule has 1 aromatic carbocycles. The van der Waals surface area contributed by atoms with E-state index in [1.54, 1.807) is 23.0 Å². The Bertz CT molecular complexity index is 669. The Kier molecular flexibility index (Phi) is 5.46. The van der Waals surface area contributed by atoms with Crippen molar-refractivity contribution in [3.8, 4) is 5.69 Å². The second-order valence-corrected chi connectivity index (χ2v) is 5.37. The van der Waals surface area contributed by atoms with Crippen LogP contribution in [0.15, 0.2) is 30.5 Å². The minimum atomic E-state index is -0.713. The van der Waals surface area contributed by atoms with Gasteiger partial charge in [0, 0.05) is 18.4 Å². The summed E-state index contributed by atoms with van der Waals surface area (Å²) in [4.78, 5) is 12.0. The van der Waals surface area contributed by atoms with Crippen molar-refractivity contribution < 1.29 is 13.9 Å². The summed E-state index contributed by atoms with van der Waals surface area (Å²) < 4.78 is 19.6. The van der Waals surface area contributed by atoms with Crippen LogP contribution in [0.4, 0.5) is 4.39 Å². The molecule has 1 heterocycles. The summed E-state index contributed by atoms with van der Waals surface area (Å²) >= 11 is 0. The molecule has 0 aliphatic heterocycles. The number of hydrogen-bond donors (Lipinski definition) is 2. The van der Waals surface area contributed by atoms with Crippen LogP contribution < -0.4 is 11.1 Å². The number of nitrogens with one attached hydrogen (secondary N) is 1. The molecule has 0 aliphatic carbocycles. The first-order valence-electron chi connectivity index (χ1n) is 7.29. The van der Waals surface area contributed by atoms with E-state index in [2.05, 4.69) is 10.4 Å². The van der Waals surface area contributed by atoms with Gasteiger partial charge in [0.2, 0.25) is 5.91 Å². The van der Waals surface area contributed by atoms with Crippen LogP contribution in [0, 0.1) is 12.7 Å². The number of carbonyl (C=O) groups is 1. The van der Waals surface area contributed by atoms with Gasteiger partial charge in [-0.2, -0.15) is 5.10 Å². The van der Waals surface area contributed by atoms with Gasteiger partial charge in [0.1, 0.15) is 11.9 Å². The Balaban J connectivity index is 2.15. The van der Waals surface area contributed by atoms with E-state index in [1.165, 1.54) is 19.2 Å². The molecule has 23 heavy (non-hydrogen) atoms. The molecule has 3 N–H and O–H groups in total. The molecule has 7 heteroatoms. The van der Waals surface area contributed by atoms with E-state index in [4.69, 9.17) is 10.5 Å². The molecule has 0 radical (unpaired) electrons. The van der Waals surface area contributed by atoms with Gasteiger partial charge in [-0.1, -0.05) is 0 Å². The van der Waals surface area contributed by atoms with Crippen LogP contribution >= 0.6 is 0 Å². The number of carbonyl (C=O) groups excluding carboxylic acids is 1. The van der Waals surface area contributed by atoms with Crippen molar-refractivity contribution in [2.24, 2.45) is 5.73 Å². The second kappa shape index (κ2) is 7.34. The smallest absolute Gasteiger partial charge is 0.239 e. The summed E-state index contributed by atoms with van der Waals surface area (Å²) in [7, 11) is 1.49. The van der Waals surface area contributed by atoms with Crippen molar-refractivity contribution >= 4 is 5.91 Å². The first-order chi connectivity index (χ1) is 10.9. The number of nitrogens with two attached hydrogens (primary N) is 1. The van der Waals surface area contributed by atoms with E-state index in [0.717, 1.165) is 16.9 Å². The van der Waals surface area contributed by atoms with E-state index in [9.17, 15) is 9.18 Å². The molecule has 0 fully saturated rings. The summed E-state index contributed by atoms with van der Waals surface area (Å²) in [6, 6.07) is 5.10. The number of methoxy groups -OCH3 is 1. The monoisotopic (exact) mass is 320 g/mol. The maximum absolute atomic E-state index is 13.0. The molecule has 2 aromatic rings. The van der Waals surface area contributed by atoms with Gasteiger partial charge in [-0.15, -0.1) is 0 Å². The Hall–Kier alpha value is -2.25. The Labute approximate surface area is 134 Å². The average Bonchev–Trinajstić information content (AvgIpc) is 2.90. The van der Waals surface area contributed by atoms with Crippen LogP contribution in [0.3, 0.4) is 0 Å². The van der Waals surface area contributed by atoms with Crippen molar-refractivity contribution in [3.63, 3.8) is 0 Å². The van der Waals surface area contributed by atoms with Crippen molar-refractivity contribution in [3.05, 3.63) is 47.5 Å². The van der Waals surface area contributed by atoms with E-state index < -0.39 is 6.04 Å². The largest absolute Gasteiger partial charge is 0.383 e. The predicted molar refractivity (Wildman–Crippen MR) is 84.7 cm³/mol. The first kappa shape index (κ1) is 17.1. The SMILES string of the molecule is COCC(N)C(=O)NC(C)c1cnn(-c2ccc(F)cc2)c1C. The Morgan fingerprint density at radius 3 is 2.70 bits per heavy atom. The molecule has 1 amide bonds. The molecule has 6 nitrogen and oxygen atoms in total. The second-order valence-electron chi connectivity index (χ2n) is 5.37. The number of hydrogen-bond acceptors (Lipinski definition) is 4. The van der Waals surface area contributed by atoms with Crippen molar-refractivity contribution in [1.82, 2.24) is 15.1 Å². The summed E-state index contributed by atoms with van der Waals surface area (Å²) in [5.74, 6) is -0.583. The summed E-state index contributed by atoms with van der Waals surface area (Å²) in [6.07, 6.45) is 1.69. The Morgan fingerprint density at radius 1 is 1.43 bits per heavy atom. The molecular weight excluding hydrogens is 299 g/mol. The quantitative estimate of drug-likeness (QED) is 0.844. The standard InChI is InChI=1S/C16H21FN4O2/c1-10(20-16(22)15(18)9-23-3)14-8-19-21(11(14)2)13-6-4-12(17)5-7-13/h4-8,10,15H,9,18H2,1-3H3,(H,20,22). The fraction of sp³-hybridized carbons (Fsp3) is 0.375. The van der Waals surface area contributed by atoms with Gasteiger partial charge in [0.15, 0.2) is 0 Å². The number of ether oxygens (including phenoxy) is 1. The number of amides is 1. The number of halogens is 1. The zero-order chi connectivity index (χ0) is 17.0. The summed E-state index contributed by atoms with van der Waals surface area (Å²) in [6.45, 7) is 3.91. The van der Waals surface area contributed by atoms with E-state index >= 15 is 0 Å². The number of nitrogens with zero attached hydrogens (tertiary/aromatic N) is 2. The molecule has 0 saturated heterocycles. The molecule has 0 bridgehead atoms. The lowest BCUT2D eigenvalue weighted by molar-refractivity contribution is -0.124. The van der Waals surface area contributed by atoms with Gasteiger partial charge < -0.3 is 15.8 Å². The molecule has 0 aliphatic rings. The highest BCUT2D eigenvalue weighted by Gasteiger charge is 2.19. The zero-order valence-electron chi connectivity index (χ0n) is 13.4. The van der Waals surface area contributed by atoms with Crippen molar-refractivity contribution in [1.29, 1.82) is 0 Å². The highest BCUT2D eigenvalue weighted by molar-refractivity contribution is 5.82. The first-order valence-corrected chi connectivity index (χ1v) is 7.29. The predicted octanol–water partition coefficient (Wildman–Crippen LogP) is 1.47. The van der Waals surface area contributed by atoms with E-state index in [1.807, 2.05) is 13.8 Å². The Morgan fingerprint density at radius 2 is 2.09 bits per heavy atom. The third-order valence-electron chi connectivity index (χ3n) is 3.63. The fourth-order valence-electron chi connectivity index (χ4n) is 2.34. The topological polar surface area (TPSA) is 82.2 Å². The van der Waals surface area contributed by atoms with Crippen molar-refractivity contribution in [2.45, 2.75) is 25.9 Å². The number of aromatic nitrogens is 2. The summed E-state index contributed by atoms with van der Waals surface area (Å²) in [5.41, 5.74) is 8.20. The lowest BCUT2D eigenvalue weighted by Crippen LogP contribution is -2.44. The maximum Gasteiger partial charge on any atom is 0.239 e. The molecule has 2 unspecified atom stereocenters. The van der Waals surface area contributed by atoms with Crippen LogP contribution in [-0.4, -0.2) is 35.4 Å². The van der Waals surface area contributed by atoms with Crippen molar-refractivity contribution in [2.75, 3.05) is 13.7 Å². The molecule has 0 spiro atoms. The average molecular weight is 320 g/mol. The van der Waals surface area contributed by atoms with Gasteiger partial charge in [0.25, 0.3) is 0 Å². The van der Waals surface area contributed by atoms with Crippen LogP contribution in [0.2, 0.25) is 0 Å². The van der Waals surface area contributed by atoms with Gasteiger partial charge in [0.05, 0.1) is 24.5 Å². The van der Waals surface area contributed by atoms with Crippen LogP contribution in [-0.2, 0) is 9.53 Å². The highest BCUT2D eigenvalue weighted by atomic mass is 19.1. The maximum atomic E-state index is 13.0. The lowest BCUT2D eigenvalue weighted by atomic mass is 10.1. The van der Waals surface area contributed by atoms with Gasteiger partial charge in [-0.3, -0.25) is 4.79 Å². The zero-order valence-corrected chi connectivity index (χ0v) is 13.4. The highest BCUT2D eigenvalue weighted by Crippen LogP contribution is 2.20. The third-order valence-corrected chi connectivity index (χ3v) is 3.63. The fourth-order valence-corrected chi connectivity index (χ4v) is 2.34. The molecule has 1 aromatic heterocycles. The minimum Gasteiger partial charge on any atom is -0.383 e. The van der Waals surface area contributed by atoms with E-state index in [-0.39, 0.29) is 24.4 Å². The van der Waals surface area contributed by atoms with Crippen LogP contribution in [0.1, 0.15) is 24.2 Å². The molecule has 2 atom stereocenters. The van der Waals surface area contributed by atoms with Crippen LogP contribution in [0.25, 0.3) is 5.69 Å². The normalized spacial score (nSPS) is 13.6. The molecule has 2 rings (SSSR count). The van der Waals surface area contributed by atoms with Gasteiger partial charge >= 0.3 is 0 Å².